The second-order valence-electron chi connectivity index (χ2n) is 4.37. The van der Waals surface area contributed by atoms with Crippen molar-refractivity contribution < 1.29 is 9.53 Å². The number of nitrogens with zero attached hydrogens (tertiary/aromatic N) is 2. The zero-order valence-electron chi connectivity index (χ0n) is 11.5. The van der Waals surface area contributed by atoms with E-state index in [2.05, 4.69) is 6.07 Å². The first-order valence-electron chi connectivity index (χ1n) is 6.52. The highest BCUT2D eigenvalue weighted by atomic mass is 16.5. The molecule has 0 bridgehead atoms. The van der Waals surface area contributed by atoms with Crippen molar-refractivity contribution in [2.75, 3.05) is 19.7 Å². The van der Waals surface area contributed by atoms with E-state index in [0.717, 1.165) is 5.75 Å². The van der Waals surface area contributed by atoms with Crippen molar-refractivity contribution in [2.24, 2.45) is 5.92 Å². The van der Waals surface area contributed by atoms with E-state index >= 15 is 0 Å². The van der Waals surface area contributed by atoms with Crippen LogP contribution in [0.5, 0.6) is 5.75 Å². The Bertz CT molecular complexity index is 426. The lowest BCUT2D eigenvalue weighted by atomic mass is 10.2. The fourth-order valence-electron chi connectivity index (χ4n) is 1.71. The van der Waals surface area contributed by atoms with E-state index < -0.39 is 0 Å². The van der Waals surface area contributed by atoms with Gasteiger partial charge in [-0.1, -0.05) is 18.2 Å². The van der Waals surface area contributed by atoms with Crippen LogP contribution in [0.3, 0.4) is 0 Å². The van der Waals surface area contributed by atoms with Crippen LogP contribution in [0.4, 0.5) is 0 Å². The van der Waals surface area contributed by atoms with Crippen LogP contribution in [0.25, 0.3) is 0 Å². The zero-order valence-corrected chi connectivity index (χ0v) is 11.5. The van der Waals surface area contributed by atoms with Gasteiger partial charge in [0.15, 0.2) is 0 Å². The molecule has 4 heteroatoms. The molecule has 1 unspecified atom stereocenters. The molecule has 0 aliphatic rings. The van der Waals surface area contributed by atoms with Crippen molar-refractivity contribution in [1.82, 2.24) is 4.90 Å². The zero-order chi connectivity index (χ0) is 14.1. The molecule has 0 aromatic heterocycles. The van der Waals surface area contributed by atoms with Crippen LogP contribution in [0.15, 0.2) is 30.3 Å². The van der Waals surface area contributed by atoms with Crippen molar-refractivity contribution in [3.8, 4) is 11.8 Å². The molecule has 0 fully saturated rings. The normalized spacial score (nSPS) is 11.4. The molecule has 0 spiro atoms. The lowest BCUT2D eigenvalue weighted by Gasteiger charge is -2.22. The van der Waals surface area contributed by atoms with Gasteiger partial charge in [-0.05, 0) is 26.0 Å². The number of benzene rings is 1. The Kier molecular flexibility index (Phi) is 6.45. The Morgan fingerprint density at radius 3 is 2.68 bits per heavy atom. The summed E-state index contributed by atoms with van der Waals surface area (Å²) < 4.78 is 5.49. The monoisotopic (exact) mass is 260 g/mol. The second-order valence-corrected chi connectivity index (χ2v) is 4.37. The van der Waals surface area contributed by atoms with E-state index in [4.69, 9.17) is 10.00 Å². The highest BCUT2D eigenvalue weighted by Gasteiger charge is 2.14. The van der Waals surface area contributed by atoms with Gasteiger partial charge in [-0.2, -0.15) is 5.26 Å². The number of hydrogen-bond acceptors (Lipinski definition) is 3. The number of hydrogen-bond donors (Lipinski definition) is 0. The number of rotatable bonds is 7. The molecule has 1 aromatic rings. The smallest absolute Gasteiger partial charge is 0.226 e. The molecule has 0 aliphatic heterocycles. The summed E-state index contributed by atoms with van der Waals surface area (Å²) >= 11 is 0. The Hall–Kier alpha value is -2.02. The molecule has 1 aromatic carbocycles. The van der Waals surface area contributed by atoms with Gasteiger partial charge in [0.1, 0.15) is 5.75 Å². The molecule has 1 atom stereocenters. The molecular weight excluding hydrogens is 240 g/mol. The highest BCUT2D eigenvalue weighted by molar-refractivity contribution is 5.76. The molecule has 0 saturated heterocycles. The fraction of sp³-hybridized carbons (Fsp3) is 0.467. The molecule has 0 saturated carbocycles. The SMILES string of the molecule is CCN(CC(C)C#N)C(=O)CCOc1ccccc1. The van der Waals surface area contributed by atoms with Gasteiger partial charge in [0, 0.05) is 13.1 Å². The Balaban J connectivity index is 2.35. The van der Waals surface area contributed by atoms with E-state index in [-0.39, 0.29) is 11.8 Å². The van der Waals surface area contributed by atoms with Crippen LogP contribution < -0.4 is 4.74 Å². The van der Waals surface area contributed by atoms with Gasteiger partial charge in [0.05, 0.1) is 25.0 Å². The quantitative estimate of drug-likeness (QED) is 0.756. The maximum Gasteiger partial charge on any atom is 0.226 e. The summed E-state index contributed by atoms with van der Waals surface area (Å²) in [6.07, 6.45) is 0.334. The topological polar surface area (TPSA) is 53.3 Å². The summed E-state index contributed by atoms with van der Waals surface area (Å²) in [5.41, 5.74) is 0. The van der Waals surface area contributed by atoms with Crippen molar-refractivity contribution in [3.05, 3.63) is 30.3 Å². The predicted molar refractivity (Wildman–Crippen MR) is 73.6 cm³/mol. The summed E-state index contributed by atoms with van der Waals surface area (Å²) in [6.45, 7) is 5.20. The molecule has 0 heterocycles. The molecule has 0 radical (unpaired) electrons. The van der Waals surface area contributed by atoms with Crippen molar-refractivity contribution in [3.63, 3.8) is 0 Å². The van der Waals surface area contributed by atoms with Crippen LogP contribution in [0.1, 0.15) is 20.3 Å². The third-order valence-corrected chi connectivity index (χ3v) is 2.78. The molecule has 102 valence electrons. The average molecular weight is 260 g/mol. The largest absolute Gasteiger partial charge is 0.493 e. The Morgan fingerprint density at radius 1 is 1.42 bits per heavy atom. The van der Waals surface area contributed by atoms with E-state index in [1.807, 2.05) is 44.2 Å². The first-order valence-corrected chi connectivity index (χ1v) is 6.52. The van der Waals surface area contributed by atoms with Gasteiger partial charge in [-0.3, -0.25) is 4.79 Å². The van der Waals surface area contributed by atoms with E-state index in [1.54, 1.807) is 4.90 Å². The van der Waals surface area contributed by atoms with Gasteiger partial charge in [-0.25, -0.2) is 0 Å². The summed E-state index contributed by atoms with van der Waals surface area (Å²) in [6, 6.07) is 11.6. The minimum absolute atomic E-state index is 0.0283. The highest BCUT2D eigenvalue weighted by Crippen LogP contribution is 2.09. The van der Waals surface area contributed by atoms with Crippen LogP contribution in [-0.2, 0) is 4.79 Å². The summed E-state index contributed by atoms with van der Waals surface area (Å²) in [5, 5.41) is 8.77. The fourth-order valence-corrected chi connectivity index (χ4v) is 1.71. The predicted octanol–water partition coefficient (Wildman–Crippen LogP) is 2.46. The van der Waals surface area contributed by atoms with Crippen molar-refractivity contribution in [2.45, 2.75) is 20.3 Å². The molecular formula is C15H20N2O2. The standard InChI is InChI=1S/C15H20N2O2/c1-3-17(12-13(2)11-16)15(18)9-10-19-14-7-5-4-6-8-14/h4-8,13H,3,9-10,12H2,1-2H3. The molecule has 0 aliphatic carbocycles. The van der Waals surface area contributed by atoms with Crippen molar-refractivity contribution in [1.29, 1.82) is 5.26 Å². The maximum atomic E-state index is 12.0. The van der Waals surface area contributed by atoms with E-state index in [9.17, 15) is 4.79 Å². The number of nitriles is 1. The van der Waals surface area contributed by atoms with Crippen LogP contribution in [0.2, 0.25) is 0 Å². The van der Waals surface area contributed by atoms with Gasteiger partial charge >= 0.3 is 0 Å². The third kappa shape index (κ3) is 5.43. The number of amides is 1. The van der Waals surface area contributed by atoms with Crippen LogP contribution in [0, 0.1) is 17.2 Å². The van der Waals surface area contributed by atoms with Gasteiger partial charge in [0.2, 0.25) is 5.91 Å². The first-order chi connectivity index (χ1) is 9.17. The van der Waals surface area contributed by atoms with Gasteiger partial charge in [-0.15, -0.1) is 0 Å². The van der Waals surface area contributed by atoms with Crippen LogP contribution in [-0.4, -0.2) is 30.5 Å². The van der Waals surface area contributed by atoms with Crippen LogP contribution >= 0.6 is 0 Å². The first kappa shape index (κ1) is 15.0. The molecule has 1 rings (SSSR count). The molecule has 0 N–H and O–H groups in total. The maximum absolute atomic E-state index is 12.0. The number of carbonyl (C=O) groups is 1. The third-order valence-electron chi connectivity index (χ3n) is 2.78. The van der Waals surface area contributed by atoms with Crippen molar-refractivity contribution >= 4 is 5.91 Å². The number of para-hydroxylation sites is 1. The second kappa shape index (κ2) is 8.15. The van der Waals surface area contributed by atoms with E-state index in [0.29, 0.717) is 26.1 Å². The lowest BCUT2D eigenvalue weighted by Crippen LogP contribution is -2.35. The molecule has 4 nitrogen and oxygen atoms in total. The molecule has 19 heavy (non-hydrogen) atoms. The number of ether oxygens (including phenoxy) is 1. The van der Waals surface area contributed by atoms with E-state index in [1.165, 1.54) is 0 Å². The minimum atomic E-state index is -0.140. The molecule has 1 amide bonds. The summed E-state index contributed by atoms with van der Waals surface area (Å²) in [4.78, 5) is 13.6. The number of carbonyl (C=O) groups excluding carboxylic acids is 1. The average Bonchev–Trinajstić information content (AvgIpc) is 2.45. The van der Waals surface area contributed by atoms with Gasteiger partial charge in [0.25, 0.3) is 0 Å². The summed E-state index contributed by atoms with van der Waals surface area (Å²) in [5.74, 6) is 0.656. The summed E-state index contributed by atoms with van der Waals surface area (Å²) in [7, 11) is 0. The van der Waals surface area contributed by atoms with Gasteiger partial charge < -0.3 is 9.64 Å². The Labute approximate surface area is 114 Å². The lowest BCUT2D eigenvalue weighted by molar-refractivity contribution is -0.131. The minimum Gasteiger partial charge on any atom is -0.493 e. The Morgan fingerprint density at radius 2 is 2.11 bits per heavy atom.